The number of halogens is 1. The van der Waals surface area contributed by atoms with Gasteiger partial charge in [-0.05, 0) is 68.6 Å². The van der Waals surface area contributed by atoms with E-state index in [0.29, 0.717) is 16.8 Å². The summed E-state index contributed by atoms with van der Waals surface area (Å²) < 4.78 is 21.4. The maximum Gasteiger partial charge on any atom is 0.414 e. The van der Waals surface area contributed by atoms with Gasteiger partial charge in [0.25, 0.3) is 5.56 Å². The monoisotopic (exact) mass is 383 g/mol. The van der Waals surface area contributed by atoms with Crippen LogP contribution in [-0.4, -0.2) is 23.3 Å². The van der Waals surface area contributed by atoms with Gasteiger partial charge in [-0.3, -0.25) is 14.3 Å². The zero-order valence-corrected chi connectivity index (χ0v) is 16.2. The second-order valence-corrected chi connectivity index (χ2v) is 7.51. The van der Waals surface area contributed by atoms with Gasteiger partial charge in [0.05, 0.1) is 11.1 Å². The molecule has 0 aliphatic heterocycles. The SMILES string of the molecule is CN(C(=O)OC(C)(C)C)c1cc2ccn(-c3ccc(N)cc3)c(=O)c2cc1F. The first-order valence-corrected chi connectivity index (χ1v) is 8.74. The van der Waals surface area contributed by atoms with Gasteiger partial charge in [-0.15, -0.1) is 0 Å². The highest BCUT2D eigenvalue weighted by atomic mass is 19.1. The van der Waals surface area contributed by atoms with Crippen LogP contribution in [0.15, 0.2) is 53.5 Å². The number of hydrogen-bond donors (Lipinski definition) is 1. The molecule has 0 radical (unpaired) electrons. The molecule has 0 aliphatic carbocycles. The smallest absolute Gasteiger partial charge is 0.414 e. The lowest BCUT2D eigenvalue weighted by molar-refractivity contribution is 0.0588. The highest BCUT2D eigenvalue weighted by Crippen LogP contribution is 2.25. The Bertz CT molecular complexity index is 1100. The third kappa shape index (κ3) is 3.83. The minimum atomic E-state index is -0.703. The van der Waals surface area contributed by atoms with E-state index in [1.807, 2.05) is 0 Å². The molecule has 0 bridgehead atoms. The number of anilines is 2. The van der Waals surface area contributed by atoms with Gasteiger partial charge in [0.2, 0.25) is 0 Å². The standard InChI is InChI=1S/C21H22FN3O3/c1-21(2,3)28-20(27)24(4)18-11-13-9-10-25(15-7-5-14(23)6-8-15)19(26)16(13)12-17(18)22/h5-12H,23H2,1-4H3. The predicted octanol–water partition coefficient (Wildman–Crippen LogP) is 4.08. The van der Waals surface area contributed by atoms with Gasteiger partial charge in [0.15, 0.2) is 0 Å². The Balaban J connectivity index is 2.05. The molecule has 2 N–H and O–H groups in total. The summed E-state index contributed by atoms with van der Waals surface area (Å²) in [5.74, 6) is -0.687. The number of carbonyl (C=O) groups is 1. The molecule has 28 heavy (non-hydrogen) atoms. The van der Waals surface area contributed by atoms with E-state index in [1.54, 1.807) is 57.3 Å². The number of aromatic nitrogens is 1. The molecule has 0 spiro atoms. The summed E-state index contributed by atoms with van der Waals surface area (Å²) in [7, 11) is 1.42. The number of amides is 1. The van der Waals surface area contributed by atoms with E-state index < -0.39 is 17.5 Å². The molecule has 6 nitrogen and oxygen atoms in total. The van der Waals surface area contributed by atoms with Crippen molar-refractivity contribution in [2.45, 2.75) is 26.4 Å². The number of nitrogens with two attached hydrogens (primary N) is 1. The number of nitrogen functional groups attached to an aromatic ring is 1. The fourth-order valence-electron chi connectivity index (χ4n) is 2.78. The lowest BCUT2D eigenvalue weighted by Gasteiger charge is -2.25. The average Bonchev–Trinajstić information content (AvgIpc) is 2.61. The zero-order valence-electron chi connectivity index (χ0n) is 16.2. The van der Waals surface area contributed by atoms with E-state index in [4.69, 9.17) is 10.5 Å². The Morgan fingerprint density at radius 3 is 2.39 bits per heavy atom. The molecule has 0 aliphatic rings. The molecule has 2 aromatic carbocycles. The van der Waals surface area contributed by atoms with Crippen LogP contribution < -0.4 is 16.2 Å². The molecule has 3 rings (SSSR count). The number of hydrogen-bond acceptors (Lipinski definition) is 4. The average molecular weight is 383 g/mol. The maximum atomic E-state index is 14.7. The predicted molar refractivity (Wildman–Crippen MR) is 109 cm³/mol. The molecule has 3 aromatic rings. The number of carbonyl (C=O) groups excluding carboxylic acids is 1. The first kappa shape index (κ1) is 19.4. The molecule has 0 saturated heterocycles. The van der Waals surface area contributed by atoms with E-state index in [0.717, 1.165) is 11.0 Å². The van der Waals surface area contributed by atoms with Crippen molar-refractivity contribution < 1.29 is 13.9 Å². The first-order chi connectivity index (χ1) is 13.1. The van der Waals surface area contributed by atoms with Crippen molar-refractivity contribution >= 4 is 28.2 Å². The summed E-state index contributed by atoms with van der Waals surface area (Å²) in [6.45, 7) is 5.19. The number of benzene rings is 2. The highest BCUT2D eigenvalue weighted by molar-refractivity contribution is 5.92. The Labute approximate surface area is 161 Å². The van der Waals surface area contributed by atoms with Gasteiger partial charge >= 0.3 is 6.09 Å². The summed E-state index contributed by atoms with van der Waals surface area (Å²) in [5.41, 5.74) is 5.85. The van der Waals surface area contributed by atoms with Crippen molar-refractivity contribution in [3.8, 4) is 5.69 Å². The van der Waals surface area contributed by atoms with Crippen molar-refractivity contribution in [2.24, 2.45) is 0 Å². The molecular weight excluding hydrogens is 361 g/mol. The van der Waals surface area contributed by atoms with Crippen LogP contribution in [0.2, 0.25) is 0 Å². The summed E-state index contributed by atoms with van der Waals surface area (Å²) in [6, 6.07) is 11.1. The maximum absolute atomic E-state index is 14.7. The normalized spacial score (nSPS) is 11.5. The molecule has 0 unspecified atom stereocenters. The van der Waals surface area contributed by atoms with Crippen molar-refractivity contribution in [3.05, 3.63) is 64.8 Å². The van der Waals surface area contributed by atoms with E-state index in [2.05, 4.69) is 0 Å². The molecule has 1 amide bonds. The van der Waals surface area contributed by atoms with Crippen molar-refractivity contribution in [3.63, 3.8) is 0 Å². The Kier molecular flexibility index (Phi) is 4.85. The van der Waals surface area contributed by atoms with Crippen LogP contribution in [0.25, 0.3) is 16.5 Å². The number of fused-ring (bicyclic) bond motifs is 1. The first-order valence-electron chi connectivity index (χ1n) is 8.74. The van der Waals surface area contributed by atoms with Gasteiger partial charge < -0.3 is 10.5 Å². The lowest BCUT2D eigenvalue weighted by atomic mass is 10.1. The minimum Gasteiger partial charge on any atom is -0.443 e. The number of nitrogens with zero attached hydrogens (tertiary/aromatic N) is 2. The fraction of sp³-hybridized carbons (Fsp3) is 0.238. The Hall–Kier alpha value is -3.35. The van der Waals surface area contributed by atoms with Gasteiger partial charge in [0, 0.05) is 24.6 Å². The quantitative estimate of drug-likeness (QED) is 0.677. The fourth-order valence-corrected chi connectivity index (χ4v) is 2.78. The van der Waals surface area contributed by atoms with Crippen LogP contribution >= 0.6 is 0 Å². The van der Waals surface area contributed by atoms with E-state index >= 15 is 0 Å². The van der Waals surface area contributed by atoms with Crippen LogP contribution in [0.3, 0.4) is 0 Å². The lowest BCUT2D eigenvalue weighted by Crippen LogP contribution is -2.34. The topological polar surface area (TPSA) is 77.6 Å². The van der Waals surface area contributed by atoms with Gasteiger partial charge in [-0.1, -0.05) is 0 Å². The number of rotatable bonds is 2. The number of pyridine rings is 1. The second-order valence-electron chi connectivity index (χ2n) is 7.51. The van der Waals surface area contributed by atoms with E-state index in [-0.39, 0.29) is 16.6 Å². The Morgan fingerprint density at radius 2 is 1.79 bits per heavy atom. The number of ether oxygens (including phenoxy) is 1. The molecule has 146 valence electrons. The third-order valence-electron chi connectivity index (χ3n) is 4.17. The minimum absolute atomic E-state index is 0.0337. The van der Waals surface area contributed by atoms with Crippen LogP contribution in [0.4, 0.5) is 20.6 Å². The van der Waals surface area contributed by atoms with Crippen LogP contribution in [0.1, 0.15) is 20.8 Å². The van der Waals surface area contributed by atoms with Crippen LogP contribution in [-0.2, 0) is 4.74 Å². The molecule has 0 atom stereocenters. The molecule has 0 fully saturated rings. The molecule has 1 aromatic heterocycles. The highest BCUT2D eigenvalue weighted by Gasteiger charge is 2.23. The van der Waals surface area contributed by atoms with Crippen LogP contribution in [0, 0.1) is 5.82 Å². The summed E-state index contributed by atoms with van der Waals surface area (Å²) in [5, 5.41) is 0.724. The van der Waals surface area contributed by atoms with Crippen molar-refractivity contribution in [1.82, 2.24) is 4.57 Å². The van der Waals surface area contributed by atoms with E-state index in [1.165, 1.54) is 17.7 Å². The third-order valence-corrected chi connectivity index (χ3v) is 4.17. The van der Waals surface area contributed by atoms with Gasteiger partial charge in [0.1, 0.15) is 11.4 Å². The van der Waals surface area contributed by atoms with Crippen molar-refractivity contribution in [2.75, 3.05) is 17.7 Å². The van der Waals surface area contributed by atoms with Gasteiger partial charge in [-0.2, -0.15) is 0 Å². The molecule has 0 saturated carbocycles. The van der Waals surface area contributed by atoms with Crippen molar-refractivity contribution in [1.29, 1.82) is 0 Å². The Morgan fingerprint density at radius 1 is 1.14 bits per heavy atom. The largest absolute Gasteiger partial charge is 0.443 e. The second kappa shape index (κ2) is 6.99. The summed E-state index contributed by atoms with van der Waals surface area (Å²) in [4.78, 5) is 26.2. The zero-order chi connectivity index (χ0) is 20.6. The van der Waals surface area contributed by atoms with Gasteiger partial charge in [-0.25, -0.2) is 9.18 Å². The van der Waals surface area contributed by atoms with E-state index in [9.17, 15) is 14.0 Å². The molecule has 1 heterocycles. The van der Waals surface area contributed by atoms with Crippen LogP contribution in [0.5, 0.6) is 0 Å². The summed E-state index contributed by atoms with van der Waals surface area (Å²) >= 11 is 0. The molecule has 7 heteroatoms. The summed E-state index contributed by atoms with van der Waals surface area (Å²) in [6.07, 6.45) is 0.923. The molecular formula is C21H22FN3O3.